The van der Waals surface area contributed by atoms with Crippen LogP contribution in [0, 0.1) is 11.8 Å². The van der Waals surface area contributed by atoms with Crippen molar-refractivity contribution in [2.24, 2.45) is 11.8 Å². The van der Waals surface area contributed by atoms with Crippen LogP contribution < -0.4 is 0 Å². The predicted molar refractivity (Wildman–Crippen MR) is 47.1 cm³/mol. The van der Waals surface area contributed by atoms with Gasteiger partial charge in [-0.25, -0.2) is 0 Å². The summed E-state index contributed by atoms with van der Waals surface area (Å²) in [5.41, 5.74) is -0.0810. The monoisotopic (exact) mass is 166 g/mol. The van der Waals surface area contributed by atoms with Crippen LogP contribution in [0.4, 0.5) is 0 Å². The summed E-state index contributed by atoms with van der Waals surface area (Å²) >= 11 is 0. The summed E-state index contributed by atoms with van der Waals surface area (Å²) in [7, 11) is 5.87. The van der Waals surface area contributed by atoms with E-state index >= 15 is 0 Å². The van der Waals surface area contributed by atoms with Gasteiger partial charge in [-0.1, -0.05) is 13.8 Å². The van der Waals surface area contributed by atoms with Crippen molar-refractivity contribution in [3.63, 3.8) is 0 Å². The molecule has 2 radical (unpaired) electrons. The summed E-state index contributed by atoms with van der Waals surface area (Å²) in [6.07, 6.45) is 0.998. The van der Waals surface area contributed by atoms with Gasteiger partial charge >= 0.3 is 0 Å². The standard InChI is InChI=1S/C9H15BO2/c1-3-9-5-11-4-7(6(9)2)8(10)12-9/h6-8H,3-5H2,1-2H3/t6?,7-,8+,9-/m0/s1. The minimum atomic E-state index is -0.109. The third kappa shape index (κ3) is 0.959. The van der Waals surface area contributed by atoms with E-state index in [1.807, 2.05) is 0 Å². The van der Waals surface area contributed by atoms with Crippen molar-refractivity contribution < 1.29 is 9.47 Å². The fraction of sp³-hybridized carbons (Fsp3) is 1.00. The molecule has 2 heterocycles. The lowest BCUT2D eigenvalue weighted by Crippen LogP contribution is -2.44. The molecular formula is C9H15BO2. The summed E-state index contributed by atoms with van der Waals surface area (Å²) in [6, 6.07) is -0.109. The molecule has 4 atom stereocenters. The van der Waals surface area contributed by atoms with E-state index in [-0.39, 0.29) is 11.6 Å². The summed E-state index contributed by atoms with van der Waals surface area (Å²) in [6.45, 7) is 5.85. The zero-order valence-corrected chi connectivity index (χ0v) is 7.75. The lowest BCUT2D eigenvalue weighted by atomic mass is 9.74. The number of rotatable bonds is 1. The maximum Gasteiger partial charge on any atom is 0.109 e. The molecular weight excluding hydrogens is 151 g/mol. The van der Waals surface area contributed by atoms with Crippen LogP contribution in [0.25, 0.3) is 0 Å². The number of fused-ring (bicyclic) bond motifs is 2. The summed E-state index contributed by atoms with van der Waals surface area (Å²) in [5.74, 6) is 0.949. The second-order valence-electron chi connectivity index (χ2n) is 3.97. The Balaban J connectivity index is 2.24. The maximum absolute atomic E-state index is 5.87. The Morgan fingerprint density at radius 3 is 2.92 bits per heavy atom. The molecule has 0 saturated carbocycles. The van der Waals surface area contributed by atoms with Crippen molar-refractivity contribution in [1.82, 2.24) is 0 Å². The minimum Gasteiger partial charge on any atom is -0.378 e. The largest absolute Gasteiger partial charge is 0.378 e. The number of ether oxygens (including phenoxy) is 2. The molecule has 1 unspecified atom stereocenters. The van der Waals surface area contributed by atoms with Gasteiger partial charge in [-0.3, -0.25) is 0 Å². The van der Waals surface area contributed by atoms with Gasteiger partial charge in [0.15, 0.2) is 0 Å². The van der Waals surface area contributed by atoms with E-state index in [1.54, 1.807) is 0 Å². The molecule has 0 aromatic heterocycles. The normalized spacial score (nSPS) is 52.7. The highest BCUT2D eigenvalue weighted by atomic mass is 16.6. The quantitative estimate of drug-likeness (QED) is 0.539. The minimum absolute atomic E-state index is 0.0810. The van der Waals surface area contributed by atoms with Gasteiger partial charge in [-0.05, 0) is 12.3 Å². The van der Waals surface area contributed by atoms with E-state index in [4.69, 9.17) is 17.3 Å². The Morgan fingerprint density at radius 2 is 2.33 bits per heavy atom. The van der Waals surface area contributed by atoms with Crippen molar-refractivity contribution in [3.05, 3.63) is 0 Å². The van der Waals surface area contributed by atoms with Crippen molar-refractivity contribution >= 4 is 7.85 Å². The van der Waals surface area contributed by atoms with Gasteiger partial charge in [0.2, 0.25) is 0 Å². The highest BCUT2D eigenvalue weighted by molar-refractivity contribution is 6.11. The Hall–Kier alpha value is -0.0151. The molecule has 2 aliphatic rings. The second kappa shape index (κ2) is 2.74. The van der Waals surface area contributed by atoms with Gasteiger partial charge in [-0.2, -0.15) is 0 Å². The first-order chi connectivity index (χ1) is 5.69. The van der Waals surface area contributed by atoms with Crippen LogP contribution in [-0.4, -0.2) is 32.7 Å². The first kappa shape index (κ1) is 8.58. The third-order valence-corrected chi connectivity index (χ3v) is 3.52. The Labute approximate surface area is 75.0 Å². The van der Waals surface area contributed by atoms with E-state index in [0.29, 0.717) is 11.8 Å². The Kier molecular flexibility index (Phi) is 1.96. The fourth-order valence-electron chi connectivity index (χ4n) is 2.42. The van der Waals surface area contributed by atoms with Crippen LogP contribution in [-0.2, 0) is 9.47 Å². The molecule has 3 heteroatoms. The average molecular weight is 166 g/mol. The molecule has 0 aromatic rings. The van der Waals surface area contributed by atoms with Crippen LogP contribution in [0.15, 0.2) is 0 Å². The van der Waals surface area contributed by atoms with Crippen LogP contribution in [0.2, 0.25) is 0 Å². The van der Waals surface area contributed by atoms with E-state index in [9.17, 15) is 0 Å². The van der Waals surface area contributed by atoms with Crippen LogP contribution in [0.5, 0.6) is 0 Å². The topological polar surface area (TPSA) is 18.5 Å². The van der Waals surface area contributed by atoms with Gasteiger partial charge in [0.05, 0.1) is 18.8 Å². The van der Waals surface area contributed by atoms with E-state index in [2.05, 4.69) is 13.8 Å². The molecule has 2 bridgehead atoms. The van der Waals surface area contributed by atoms with Crippen molar-refractivity contribution in [3.8, 4) is 0 Å². The molecule has 0 spiro atoms. The van der Waals surface area contributed by atoms with Crippen molar-refractivity contribution in [1.29, 1.82) is 0 Å². The SMILES string of the molecule is [B][C@@H]1O[C@@]2(CC)COC[C@H]1C2C. The Morgan fingerprint density at radius 1 is 1.58 bits per heavy atom. The Bertz CT molecular complexity index is 185. The second-order valence-corrected chi connectivity index (χ2v) is 3.97. The molecule has 0 aromatic carbocycles. The smallest absolute Gasteiger partial charge is 0.109 e. The zero-order valence-electron chi connectivity index (χ0n) is 7.75. The maximum atomic E-state index is 5.87. The van der Waals surface area contributed by atoms with E-state index < -0.39 is 0 Å². The van der Waals surface area contributed by atoms with Crippen LogP contribution in [0.1, 0.15) is 20.3 Å². The summed E-state index contributed by atoms with van der Waals surface area (Å²) in [5, 5.41) is 0. The van der Waals surface area contributed by atoms with Crippen molar-refractivity contribution in [2.45, 2.75) is 31.9 Å². The molecule has 2 saturated heterocycles. The highest BCUT2D eigenvalue weighted by Gasteiger charge is 2.52. The predicted octanol–water partition coefficient (Wildman–Crippen LogP) is 0.942. The molecule has 2 nitrogen and oxygen atoms in total. The number of hydrogen-bond donors (Lipinski definition) is 0. The molecule has 2 rings (SSSR count). The van der Waals surface area contributed by atoms with Crippen LogP contribution in [0.3, 0.4) is 0 Å². The van der Waals surface area contributed by atoms with Crippen molar-refractivity contribution in [2.75, 3.05) is 13.2 Å². The third-order valence-electron chi connectivity index (χ3n) is 3.52. The number of hydrogen-bond acceptors (Lipinski definition) is 2. The first-order valence-corrected chi connectivity index (χ1v) is 4.71. The van der Waals surface area contributed by atoms with Gasteiger partial charge in [0.25, 0.3) is 0 Å². The highest BCUT2D eigenvalue weighted by Crippen LogP contribution is 2.44. The molecule has 66 valence electrons. The van der Waals surface area contributed by atoms with Crippen LogP contribution >= 0.6 is 0 Å². The zero-order chi connectivity index (χ0) is 8.77. The van der Waals surface area contributed by atoms with Gasteiger partial charge in [0.1, 0.15) is 7.85 Å². The molecule has 0 aliphatic carbocycles. The molecule has 0 N–H and O–H groups in total. The molecule has 2 fully saturated rings. The first-order valence-electron chi connectivity index (χ1n) is 4.71. The fourth-order valence-corrected chi connectivity index (χ4v) is 2.42. The molecule has 12 heavy (non-hydrogen) atoms. The average Bonchev–Trinajstić information content (AvgIpc) is 2.23. The molecule has 0 amide bonds. The van der Waals surface area contributed by atoms with Gasteiger partial charge in [-0.15, -0.1) is 0 Å². The van der Waals surface area contributed by atoms with E-state index in [0.717, 1.165) is 19.6 Å². The summed E-state index contributed by atoms with van der Waals surface area (Å²) in [4.78, 5) is 0. The van der Waals surface area contributed by atoms with Gasteiger partial charge in [0, 0.05) is 11.9 Å². The van der Waals surface area contributed by atoms with E-state index in [1.165, 1.54) is 0 Å². The lowest BCUT2D eigenvalue weighted by Gasteiger charge is -2.36. The molecule has 2 aliphatic heterocycles. The van der Waals surface area contributed by atoms with Gasteiger partial charge < -0.3 is 9.47 Å². The lowest BCUT2D eigenvalue weighted by molar-refractivity contribution is -0.0981. The summed E-state index contributed by atoms with van der Waals surface area (Å²) < 4.78 is 11.3.